The Morgan fingerprint density at radius 2 is 2.00 bits per heavy atom. The molecule has 2 N–H and O–H groups in total. The molecular formula is C13H10Cl2N2O3. The Hall–Kier alpha value is -1.98. The Balaban J connectivity index is 1.87. The Kier molecular flexibility index (Phi) is 4.65. The normalized spacial score (nSPS) is 10.1. The number of rotatable bonds is 4. The number of esters is 1. The highest BCUT2D eigenvalue weighted by Crippen LogP contribution is 2.20. The van der Waals surface area contributed by atoms with Crippen LogP contribution >= 0.6 is 23.2 Å². The van der Waals surface area contributed by atoms with Crippen molar-refractivity contribution in [1.82, 2.24) is 4.98 Å². The number of halogens is 2. The van der Waals surface area contributed by atoms with Gasteiger partial charge in [0, 0.05) is 6.20 Å². The number of ether oxygens (including phenoxy) is 1. The van der Waals surface area contributed by atoms with Crippen LogP contribution in [0.3, 0.4) is 0 Å². The molecule has 0 fully saturated rings. The van der Waals surface area contributed by atoms with Crippen molar-refractivity contribution >= 4 is 40.8 Å². The van der Waals surface area contributed by atoms with Crippen LogP contribution < -0.4 is 5.32 Å². The molecule has 2 aromatic rings. The quantitative estimate of drug-likeness (QED) is 0.852. The molecule has 0 spiro atoms. The van der Waals surface area contributed by atoms with E-state index in [2.05, 4.69) is 10.3 Å². The molecule has 5 nitrogen and oxygen atoms in total. The standard InChI is InChI=1S/C13H10Cl2N2O3/c14-8-5-11(16-6-8)13(19)20-7-12(18)17-10-4-2-1-3-9(10)15/h1-6,16H,7H2,(H,17,18). The van der Waals surface area contributed by atoms with Crippen molar-refractivity contribution in [3.63, 3.8) is 0 Å². The third kappa shape index (κ3) is 3.76. The second kappa shape index (κ2) is 6.45. The van der Waals surface area contributed by atoms with Gasteiger partial charge in [0.05, 0.1) is 15.7 Å². The lowest BCUT2D eigenvalue weighted by atomic mass is 10.3. The molecule has 104 valence electrons. The lowest BCUT2D eigenvalue weighted by Gasteiger charge is -2.07. The highest BCUT2D eigenvalue weighted by Gasteiger charge is 2.12. The Morgan fingerprint density at radius 1 is 1.25 bits per heavy atom. The van der Waals surface area contributed by atoms with Gasteiger partial charge in [0.25, 0.3) is 5.91 Å². The van der Waals surface area contributed by atoms with Crippen LogP contribution in [0.25, 0.3) is 0 Å². The maximum Gasteiger partial charge on any atom is 0.355 e. The molecule has 0 aliphatic carbocycles. The monoisotopic (exact) mass is 312 g/mol. The van der Waals surface area contributed by atoms with E-state index in [-0.39, 0.29) is 5.69 Å². The van der Waals surface area contributed by atoms with E-state index in [9.17, 15) is 9.59 Å². The summed E-state index contributed by atoms with van der Waals surface area (Å²) in [7, 11) is 0. The number of carbonyl (C=O) groups excluding carboxylic acids is 2. The number of aromatic amines is 1. The van der Waals surface area contributed by atoms with E-state index in [1.165, 1.54) is 12.3 Å². The number of carbonyl (C=O) groups is 2. The minimum absolute atomic E-state index is 0.181. The molecule has 0 unspecified atom stereocenters. The zero-order chi connectivity index (χ0) is 14.5. The van der Waals surface area contributed by atoms with E-state index in [1.54, 1.807) is 24.3 Å². The highest BCUT2D eigenvalue weighted by atomic mass is 35.5. The van der Waals surface area contributed by atoms with Crippen LogP contribution in [0.1, 0.15) is 10.5 Å². The van der Waals surface area contributed by atoms with Crippen molar-refractivity contribution < 1.29 is 14.3 Å². The molecule has 20 heavy (non-hydrogen) atoms. The van der Waals surface area contributed by atoms with E-state index < -0.39 is 18.5 Å². The first-order chi connectivity index (χ1) is 9.56. The minimum Gasteiger partial charge on any atom is -0.451 e. The largest absolute Gasteiger partial charge is 0.451 e. The van der Waals surface area contributed by atoms with Gasteiger partial charge in [-0.25, -0.2) is 4.79 Å². The number of aromatic nitrogens is 1. The second-order valence-electron chi connectivity index (χ2n) is 3.84. The number of para-hydroxylation sites is 1. The summed E-state index contributed by atoms with van der Waals surface area (Å²) in [5.74, 6) is -1.14. The summed E-state index contributed by atoms with van der Waals surface area (Å²) in [6.45, 7) is -0.416. The first-order valence-electron chi connectivity index (χ1n) is 5.61. The van der Waals surface area contributed by atoms with E-state index in [4.69, 9.17) is 27.9 Å². The number of amides is 1. The third-order valence-corrected chi connectivity index (χ3v) is 2.90. The molecule has 0 aliphatic rings. The summed E-state index contributed by atoms with van der Waals surface area (Å²) < 4.78 is 4.83. The first kappa shape index (κ1) is 14.4. The fourth-order valence-corrected chi connectivity index (χ4v) is 1.79. The van der Waals surface area contributed by atoms with Crippen LogP contribution in [-0.2, 0) is 9.53 Å². The summed E-state index contributed by atoms with van der Waals surface area (Å²) in [5.41, 5.74) is 0.638. The van der Waals surface area contributed by atoms with Gasteiger partial charge in [-0.3, -0.25) is 4.79 Å². The van der Waals surface area contributed by atoms with Gasteiger partial charge in [-0.2, -0.15) is 0 Å². The molecular weight excluding hydrogens is 303 g/mol. The predicted molar refractivity (Wildman–Crippen MR) is 76.2 cm³/mol. The van der Waals surface area contributed by atoms with Crippen LogP contribution in [0.2, 0.25) is 10.0 Å². The number of hydrogen-bond acceptors (Lipinski definition) is 3. The smallest absolute Gasteiger partial charge is 0.355 e. The minimum atomic E-state index is -0.661. The van der Waals surface area contributed by atoms with Gasteiger partial charge in [-0.15, -0.1) is 0 Å². The van der Waals surface area contributed by atoms with Gasteiger partial charge in [0.15, 0.2) is 6.61 Å². The number of H-pyrrole nitrogens is 1. The van der Waals surface area contributed by atoms with Crippen LogP contribution in [0.15, 0.2) is 36.5 Å². The molecule has 0 saturated carbocycles. The molecule has 1 amide bonds. The van der Waals surface area contributed by atoms with Crippen molar-refractivity contribution in [2.45, 2.75) is 0 Å². The van der Waals surface area contributed by atoms with Crippen molar-refractivity contribution in [2.24, 2.45) is 0 Å². The van der Waals surface area contributed by atoms with Gasteiger partial charge in [0.1, 0.15) is 5.69 Å². The van der Waals surface area contributed by atoms with Crippen molar-refractivity contribution in [3.05, 3.63) is 52.3 Å². The molecule has 0 radical (unpaired) electrons. The maximum atomic E-state index is 11.6. The SMILES string of the molecule is O=C(COC(=O)c1cc(Cl)c[nH]1)Nc1ccccc1Cl. The lowest BCUT2D eigenvalue weighted by molar-refractivity contribution is -0.119. The summed E-state index contributed by atoms with van der Waals surface area (Å²) >= 11 is 11.5. The molecule has 1 heterocycles. The van der Waals surface area contributed by atoms with Crippen molar-refractivity contribution in [3.8, 4) is 0 Å². The van der Waals surface area contributed by atoms with Crippen LogP contribution in [0.5, 0.6) is 0 Å². The van der Waals surface area contributed by atoms with E-state index in [1.807, 2.05) is 0 Å². The van der Waals surface area contributed by atoms with Crippen molar-refractivity contribution in [1.29, 1.82) is 0 Å². The summed E-state index contributed by atoms with van der Waals surface area (Å²) in [6.07, 6.45) is 1.45. The Labute approximate surface area is 124 Å². The lowest BCUT2D eigenvalue weighted by Crippen LogP contribution is -2.21. The molecule has 0 saturated heterocycles. The maximum absolute atomic E-state index is 11.6. The topological polar surface area (TPSA) is 71.2 Å². The average molecular weight is 313 g/mol. The summed E-state index contributed by atoms with van der Waals surface area (Å²) in [6, 6.07) is 8.17. The van der Waals surface area contributed by atoms with Gasteiger partial charge in [-0.05, 0) is 18.2 Å². The molecule has 1 aromatic carbocycles. The van der Waals surface area contributed by atoms with Gasteiger partial charge >= 0.3 is 5.97 Å². The van der Waals surface area contributed by atoms with Gasteiger partial charge in [-0.1, -0.05) is 35.3 Å². The van der Waals surface area contributed by atoms with E-state index >= 15 is 0 Å². The average Bonchev–Trinajstić information content (AvgIpc) is 2.85. The van der Waals surface area contributed by atoms with Crippen LogP contribution in [0.4, 0.5) is 5.69 Å². The highest BCUT2D eigenvalue weighted by molar-refractivity contribution is 6.33. The molecule has 7 heteroatoms. The summed E-state index contributed by atoms with van der Waals surface area (Å²) in [4.78, 5) is 25.8. The number of nitrogens with one attached hydrogen (secondary N) is 2. The van der Waals surface area contributed by atoms with Gasteiger partial charge in [0.2, 0.25) is 0 Å². The number of hydrogen-bond donors (Lipinski definition) is 2. The van der Waals surface area contributed by atoms with Crippen LogP contribution in [-0.4, -0.2) is 23.5 Å². The number of anilines is 1. The third-order valence-electron chi connectivity index (χ3n) is 2.35. The Morgan fingerprint density at radius 3 is 2.65 bits per heavy atom. The van der Waals surface area contributed by atoms with E-state index in [0.29, 0.717) is 15.7 Å². The molecule has 0 aliphatic heterocycles. The molecule has 0 atom stereocenters. The predicted octanol–water partition coefficient (Wildman–Crippen LogP) is 3.12. The summed E-state index contributed by atoms with van der Waals surface area (Å²) in [5, 5.41) is 3.33. The number of benzene rings is 1. The molecule has 0 bridgehead atoms. The fourth-order valence-electron chi connectivity index (χ4n) is 1.44. The fraction of sp³-hybridized carbons (Fsp3) is 0.0769. The van der Waals surface area contributed by atoms with Gasteiger partial charge < -0.3 is 15.0 Å². The zero-order valence-electron chi connectivity index (χ0n) is 10.2. The Bertz CT molecular complexity index is 640. The molecule has 2 rings (SSSR count). The zero-order valence-corrected chi connectivity index (χ0v) is 11.7. The van der Waals surface area contributed by atoms with E-state index in [0.717, 1.165) is 0 Å². The molecule has 1 aromatic heterocycles. The van der Waals surface area contributed by atoms with Crippen LogP contribution in [0, 0.1) is 0 Å². The van der Waals surface area contributed by atoms with Crippen molar-refractivity contribution in [2.75, 3.05) is 11.9 Å². The second-order valence-corrected chi connectivity index (χ2v) is 4.68. The first-order valence-corrected chi connectivity index (χ1v) is 6.37.